The maximum atomic E-state index is 12.3. The number of aromatic nitrogens is 2. The third-order valence-electron chi connectivity index (χ3n) is 3.65. The smallest absolute Gasteiger partial charge is 0.326 e. The first-order valence-corrected chi connectivity index (χ1v) is 6.63. The maximum Gasteiger partial charge on any atom is 0.329 e. The fourth-order valence-corrected chi connectivity index (χ4v) is 2.48. The largest absolute Gasteiger partial charge is 0.329 e. The molecule has 4 nitrogen and oxygen atoms in total. The quantitative estimate of drug-likeness (QED) is 0.787. The van der Waals surface area contributed by atoms with E-state index in [0.717, 1.165) is 22.2 Å². The Morgan fingerprint density at radius 1 is 0.950 bits per heavy atom. The highest BCUT2D eigenvalue weighted by Gasteiger charge is 2.09. The average molecular weight is 267 g/mol. The molecule has 2 aromatic carbocycles. The van der Waals surface area contributed by atoms with E-state index in [9.17, 15) is 4.79 Å². The lowest BCUT2D eigenvalue weighted by Crippen LogP contribution is -2.22. The SMILES string of the molecule is Cn1c(=O)n(Cc2ccc(CN)cc2)c2ccccc21. The van der Waals surface area contributed by atoms with Crippen molar-refractivity contribution < 1.29 is 0 Å². The molecule has 0 unspecified atom stereocenters. The standard InChI is InChI=1S/C16H17N3O/c1-18-14-4-2-3-5-15(14)19(16(18)20)11-13-8-6-12(10-17)7-9-13/h2-9H,10-11,17H2,1H3. The van der Waals surface area contributed by atoms with E-state index >= 15 is 0 Å². The molecular formula is C16H17N3O. The maximum absolute atomic E-state index is 12.3. The normalized spacial score (nSPS) is 11.1. The van der Waals surface area contributed by atoms with E-state index in [0.29, 0.717) is 13.1 Å². The summed E-state index contributed by atoms with van der Waals surface area (Å²) in [4.78, 5) is 12.3. The van der Waals surface area contributed by atoms with Crippen LogP contribution >= 0.6 is 0 Å². The van der Waals surface area contributed by atoms with Crippen LogP contribution < -0.4 is 11.4 Å². The third-order valence-corrected chi connectivity index (χ3v) is 3.65. The van der Waals surface area contributed by atoms with Crippen LogP contribution in [0.3, 0.4) is 0 Å². The molecule has 0 radical (unpaired) electrons. The molecule has 20 heavy (non-hydrogen) atoms. The summed E-state index contributed by atoms with van der Waals surface area (Å²) in [5, 5.41) is 0. The van der Waals surface area contributed by atoms with Gasteiger partial charge in [-0.3, -0.25) is 9.13 Å². The molecule has 4 heteroatoms. The van der Waals surface area contributed by atoms with E-state index in [2.05, 4.69) is 0 Å². The molecule has 0 atom stereocenters. The molecule has 0 spiro atoms. The second-order valence-corrected chi connectivity index (χ2v) is 4.94. The highest BCUT2D eigenvalue weighted by Crippen LogP contribution is 2.13. The van der Waals surface area contributed by atoms with Crippen molar-refractivity contribution in [3.8, 4) is 0 Å². The number of hydrogen-bond donors (Lipinski definition) is 1. The van der Waals surface area contributed by atoms with E-state index in [-0.39, 0.29) is 5.69 Å². The third kappa shape index (κ3) is 2.04. The van der Waals surface area contributed by atoms with Crippen LogP contribution in [0, 0.1) is 0 Å². The van der Waals surface area contributed by atoms with Crippen molar-refractivity contribution in [2.45, 2.75) is 13.1 Å². The summed E-state index contributed by atoms with van der Waals surface area (Å²) < 4.78 is 3.48. The zero-order chi connectivity index (χ0) is 14.1. The van der Waals surface area contributed by atoms with Gasteiger partial charge < -0.3 is 5.73 Å². The first kappa shape index (κ1) is 12.7. The summed E-state index contributed by atoms with van der Waals surface area (Å²) in [6.45, 7) is 1.11. The zero-order valence-corrected chi connectivity index (χ0v) is 11.4. The molecule has 0 bridgehead atoms. The number of hydrogen-bond acceptors (Lipinski definition) is 2. The Morgan fingerprint density at radius 2 is 1.55 bits per heavy atom. The Balaban J connectivity index is 2.06. The minimum Gasteiger partial charge on any atom is -0.326 e. The van der Waals surface area contributed by atoms with Crippen LogP contribution in [0.1, 0.15) is 11.1 Å². The van der Waals surface area contributed by atoms with Gasteiger partial charge in [0.2, 0.25) is 0 Å². The molecule has 0 saturated carbocycles. The van der Waals surface area contributed by atoms with Crippen molar-refractivity contribution in [2.75, 3.05) is 0 Å². The fraction of sp³-hybridized carbons (Fsp3) is 0.188. The van der Waals surface area contributed by atoms with Gasteiger partial charge in [-0.2, -0.15) is 0 Å². The van der Waals surface area contributed by atoms with Crippen molar-refractivity contribution in [3.05, 3.63) is 70.1 Å². The average Bonchev–Trinajstić information content (AvgIpc) is 2.74. The van der Waals surface area contributed by atoms with Crippen molar-refractivity contribution in [2.24, 2.45) is 12.8 Å². The van der Waals surface area contributed by atoms with Crippen LogP contribution in [0.15, 0.2) is 53.3 Å². The van der Waals surface area contributed by atoms with Crippen LogP contribution in [0.5, 0.6) is 0 Å². The van der Waals surface area contributed by atoms with Gasteiger partial charge in [0.1, 0.15) is 0 Å². The molecule has 2 N–H and O–H groups in total. The minimum absolute atomic E-state index is 0.00843. The van der Waals surface area contributed by atoms with Crippen LogP contribution in [0.2, 0.25) is 0 Å². The number of para-hydroxylation sites is 2. The predicted octanol–water partition coefficient (Wildman–Crippen LogP) is 1.85. The summed E-state index contributed by atoms with van der Waals surface area (Å²) in [5.74, 6) is 0. The lowest BCUT2D eigenvalue weighted by atomic mass is 10.1. The lowest BCUT2D eigenvalue weighted by Gasteiger charge is -2.04. The van der Waals surface area contributed by atoms with Crippen LogP contribution in [0.4, 0.5) is 0 Å². The molecule has 0 aliphatic heterocycles. The van der Waals surface area contributed by atoms with Gasteiger partial charge in [0.15, 0.2) is 0 Å². The molecule has 102 valence electrons. The zero-order valence-electron chi connectivity index (χ0n) is 11.4. The van der Waals surface area contributed by atoms with Gasteiger partial charge in [0.25, 0.3) is 0 Å². The molecule has 3 aromatic rings. The van der Waals surface area contributed by atoms with Gasteiger partial charge in [-0.05, 0) is 23.3 Å². The number of nitrogens with zero attached hydrogens (tertiary/aromatic N) is 2. The molecule has 0 aliphatic rings. The highest BCUT2D eigenvalue weighted by atomic mass is 16.1. The Labute approximate surface area is 117 Å². The second-order valence-electron chi connectivity index (χ2n) is 4.94. The van der Waals surface area contributed by atoms with Crippen molar-refractivity contribution >= 4 is 11.0 Å². The second kappa shape index (κ2) is 4.98. The monoisotopic (exact) mass is 267 g/mol. The Morgan fingerprint density at radius 3 is 2.20 bits per heavy atom. The van der Waals surface area contributed by atoms with Gasteiger partial charge >= 0.3 is 5.69 Å². The Hall–Kier alpha value is -2.33. The Bertz CT molecular complexity index is 797. The number of benzene rings is 2. The minimum atomic E-state index is 0.00843. The summed E-state index contributed by atoms with van der Waals surface area (Å²) in [5.41, 5.74) is 9.71. The van der Waals surface area contributed by atoms with E-state index < -0.39 is 0 Å². The number of fused-ring (bicyclic) bond motifs is 1. The molecule has 1 heterocycles. The van der Waals surface area contributed by atoms with E-state index in [1.54, 1.807) is 16.2 Å². The van der Waals surface area contributed by atoms with Gasteiger partial charge in [-0.1, -0.05) is 36.4 Å². The van der Waals surface area contributed by atoms with Gasteiger partial charge in [0.05, 0.1) is 17.6 Å². The molecule has 0 saturated heterocycles. The Kier molecular flexibility index (Phi) is 3.16. The number of aryl methyl sites for hydroxylation is 1. The molecule has 3 rings (SSSR count). The highest BCUT2D eigenvalue weighted by molar-refractivity contribution is 5.75. The van der Waals surface area contributed by atoms with Crippen LogP contribution in [-0.4, -0.2) is 9.13 Å². The number of rotatable bonds is 3. The topological polar surface area (TPSA) is 53.0 Å². The van der Waals surface area contributed by atoms with Gasteiger partial charge in [-0.15, -0.1) is 0 Å². The summed E-state index contributed by atoms with van der Waals surface area (Å²) >= 11 is 0. The first-order valence-electron chi connectivity index (χ1n) is 6.63. The van der Waals surface area contributed by atoms with E-state index in [1.165, 1.54) is 0 Å². The van der Waals surface area contributed by atoms with Gasteiger partial charge in [0, 0.05) is 13.6 Å². The molecule has 1 aromatic heterocycles. The lowest BCUT2D eigenvalue weighted by molar-refractivity contribution is 0.735. The number of nitrogens with two attached hydrogens (primary N) is 1. The summed E-state index contributed by atoms with van der Waals surface area (Å²) in [6.07, 6.45) is 0. The van der Waals surface area contributed by atoms with E-state index in [1.807, 2.05) is 48.5 Å². The van der Waals surface area contributed by atoms with Gasteiger partial charge in [-0.25, -0.2) is 4.79 Å². The summed E-state index contributed by atoms with van der Waals surface area (Å²) in [6, 6.07) is 15.9. The molecule has 0 aliphatic carbocycles. The summed E-state index contributed by atoms with van der Waals surface area (Å²) in [7, 11) is 1.80. The van der Waals surface area contributed by atoms with Crippen LogP contribution in [-0.2, 0) is 20.1 Å². The fourth-order valence-electron chi connectivity index (χ4n) is 2.48. The van der Waals surface area contributed by atoms with Crippen molar-refractivity contribution in [1.29, 1.82) is 0 Å². The predicted molar refractivity (Wildman–Crippen MR) is 80.6 cm³/mol. The first-order chi connectivity index (χ1) is 9.70. The van der Waals surface area contributed by atoms with E-state index in [4.69, 9.17) is 5.73 Å². The molecule has 0 amide bonds. The molecular weight excluding hydrogens is 250 g/mol. The molecule has 0 fully saturated rings. The van der Waals surface area contributed by atoms with Crippen molar-refractivity contribution in [3.63, 3.8) is 0 Å². The van der Waals surface area contributed by atoms with Crippen molar-refractivity contribution in [1.82, 2.24) is 9.13 Å². The van der Waals surface area contributed by atoms with Crippen LogP contribution in [0.25, 0.3) is 11.0 Å². The number of imidazole rings is 1.